The SMILES string of the molecule is C=CCO[C@H]1[C@@H](O)[C@@H](CO[Si](c2ccccc2)(c2ccccc2)C(C)(C)C)O[C@@H](O)[C@@H]1OC(C)=O. The number of hydrogen-bond donors (Lipinski definition) is 2. The van der Waals surface area contributed by atoms with Crippen LogP contribution in [0, 0.1) is 0 Å². The maximum absolute atomic E-state index is 11.6. The van der Waals surface area contributed by atoms with Crippen molar-refractivity contribution in [2.75, 3.05) is 13.2 Å². The highest BCUT2D eigenvalue weighted by Crippen LogP contribution is 2.37. The standard InChI is InChI=1S/C27H36O7Si/c1-6-17-31-24-23(29)22(34-26(30)25(24)33-19(2)28)18-32-35(27(3,4)5,20-13-9-7-10-14-20)21-15-11-8-12-16-21/h6-16,22-26,29-30H,1,17-18H2,2-5H3/t22-,23+,24+,25-,26-/m1/s1. The molecule has 190 valence electrons. The molecule has 1 aliphatic heterocycles. The smallest absolute Gasteiger partial charge is 0.303 e. The lowest BCUT2D eigenvalue weighted by molar-refractivity contribution is -0.295. The number of benzene rings is 2. The third-order valence-electron chi connectivity index (χ3n) is 6.23. The number of carbonyl (C=O) groups excluding carboxylic acids is 1. The molecule has 0 spiro atoms. The van der Waals surface area contributed by atoms with Gasteiger partial charge in [0.2, 0.25) is 0 Å². The zero-order chi connectivity index (χ0) is 25.6. The molecule has 1 aliphatic rings. The molecule has 35 heavy (non-hydrogen) atoms. The van der Waals surface area contributed by atoms with Gasteiger partial charge >= 0.3 is 5.97 Å². The topological polar surface area (TPSA) is 94.5 Å². The summed E-state index contributed by atoms with van der Waals surface area (Å²) in [6.07, 6.45) is -4.26. The minimum Gasteiger partial charge on any atom is -0.454 e. The van der Waals surface area contributed by atoms with Crippen molar-refractivity contribution in [3.8, 4) is 0 Å². The molecule has 7 nitrogen and oxygen atoms in total. The molecule has 0 radical (unpaired) electrons. The molecule has 1 saturated heterocycles. The number of aliphatic hydroxyl groups excluding tert-OH is 2. The van der Waals surface area contributed by atoms with E-state index in [0.717, 1.165) is 10.4 Å². The molecule has 2 N–H and O–H groups in total. The first-order valence-electron chi connectivity index (χ1n) is 11.8. The molecular weight excluding hydrogens is 464 g/mol. The van der Waals surface area contributed by atoms with E-state index in [1.165, 1.54) is 13.0 Å². The fraction of sp³-hybridized carbons (Fsp3) is 0.444. The first-order chi connectivity index (χ1) is 16.6. The van der Waals surface area contributed by atoms with E-state index in [2.05, 4.69) is 51.6 Å². The highest BCUT2D eigenvalue weighted by Gasteiger charge is 2.53. The Morgan fingerprint density at radius 2 is 1.57 bits per heavy atom. The molecule has 0 saturated carbocycles. The third kappa shape index (κ3) is 5.91. The summed E-state index contributed by atoms with van der Waals surface area (Å²) >= 11 is 0. The lowest BCUT2D eigenvalue weighted by Crippen LogP contribution is -2.68. The second-order valence-corrected chi connectivity index (χ2v) is 14.0. The Morgan fingerprint density at radius 3 is 2.03 bits per heavy atom. The summed E-state index contributed by atoms with van der Waals surface area (Å²) in [5, 5.41) is 23.7. The van der Waals surface area contributed by atoms with Crippen molar-refractivity contribution >= 4 is 24.7 Å². The van der Waals surface area contributed by atoms with Gasteiger partial charge in [-0.25, -0.2) is 0 Å². The lowest BCUT2D eigenvalue weighted by atomic mass is 9.99. The fourth-order valence-electron chi connectivity index (χ4n) is 4.70. The Morgan fingerprint density at radius 1 is 1.03 bits per heavy atom. The second kappa shape index (κ2) is 11.6. The summed E-state index contributed by atoms with van der Waals surface area (Å²) < 4.78 is 23.5. The zero-order valence-corrected chi connectivity index (χ0v) is 21.8. The van der Waals surface area contributed by atoms with Crippen molar-refractivity contribution in [2.24, 2.45) is 0 Å². The maximum atomic E-state index is 11.6. The largest absolute Gasteiger partial charge is 0.454 e. The van der Waals surface area contributed by atoms with Gasteiger partial charge in [-0.1, -0.05) is 87.5 Å². The van der Waals surface area contributed by atoms with Gasteiger partial charge in [0.25, 0.3) is 8.32 Å². The molecule has 3 rings (SSSR count). The molecule has 2 aromatic carbocycles. The third-order valence-corrected chi connectivity index (χ3v) is 11.2. The number of hydrogen-bond acceptors (Lipinski definition) is 7. The van der Waals surface area contributed by atoms with E-state index in [0.29, 0.717) is 0 Å². The Balaban J connectivity index is 1.96. The monoisotopic (exact) mass is 500 g/mol. The van der Waals surface area contributed by atoms with Gasteiger partial charge in [-0.05, 0) is 15.4 Å². The first-order valence-corrected chi connectivity index (χ1v) is 13.7. The molecule has 0 amide bonds. The number of rotatable bonds is 9. The average molecular weight is 501 g/mol. The van der Waals surface area contributed by atoms with Crippen molar-refractivity contribution < 1.29 is 33.6 Å². The second-order valence-electron chi connectivity index (χ2n) is 9.69. The van der Waals surface area contributed by atoms with Gasteiger partial charge in [0.15, 0.2) is 12.4 Å². The van der Waals surface area contributed by atoms with Crippen LogP contribution in [-0.2, 0) is 23.4 Å². The van der Waals surface area contributed by atoms with E-state index in [-0.39, 0.29) is 18.3 Å². The van der Waals surface area contributed by atoms with E-state index in [1.54, 1.807) is 0 Å². The predicted octanol–water partition coefficient (Wildman–Crippen LogP) is 2.14. The van der Waals surface area contributed by atoms with Crippen LogP contribution in [0.2, 0.25) is 5.04 Å². The number of esters is 1. The van der Waals surface area contributed by atoms with Gasteiger partial charge in [0, 0.05) is 6.92 Å². The van der Waals surface area contributed by atoms with Crippen LogP contribution in [0.25, 0.3) is 0 Å². The quantitative estimate of drug-likeness (QED) is 0.310. The number of carbonyl (C=O) groups is 1. The maximum Gasteiger partial charge on any atom is 0.303 e. The molecule has 1 heterocycles. The van der Waals surface area contributed by atoms with Crippen LogP contribution in [0.15, 0.2) is 73.3 Å². The molecule has 8 heteroatoms. The first kappa shape index (κ1) is 27.3. The van der Waals surface area contributed by atoms with Crippen LogP contribution < -0.4 is 10.4 Å². The minimum absolute atomic E-state index is 0.00620. The summed E-state index contributed by atoms with van der Waals surface area (Å²) in [6, 6.07) is 20.2. The van der Waals surface area contributed by atoms with E-state index >= 15 is 0 Å². The predicted molar refractivity (Wildman–Crippen MR) is 136 cm³/mol. The molecule has 0 bridgehead atoms. The fourth-order valence-corrected chi connectivity index (χ4v) is 9.27. The summed E-state index contributed by atoms with van der Waals surface area (Å²) in [6.45, 7) is 11.4. The molecule has 5 atom stereocenters. The van der Waals surface area contributed by atoms with Crippen LogP contribution in [0.4, 0.5) is 0 Å². The Bertz CT molecular complexity index is 921. The van der Waals surface area contributed by atoms with Gasteiger partial charge in [-0.15, -0.1) is 6.58 Å². The lowest BCUT2D eigenvalue weighted by Gasteiger charge is -2.46. The Hall–Kier alpha value is -2.33. The van der Waals surface area contributed by atoms with Gasteiger partial charge in [0.05, 0.1) is 13.2 Å². The highest BCUT2D eigenvalue weighted by atomic mass is 28.4. The highest BCUT2D eigenvalue weighted by molar-refractivity contribution is 6.99. The summed E-state index contributed by atoms with van der Waals surface area (Å²) in [5.74, 6) is -0.612. The van der Waals surface area contributed by atoms with Crippen LogP contribution in [0.3, 0.4) is 0 Å². The van der Waals surface area contributed by atoms with Crippen molar-refractivity contribution in [3.63, 3.8) is 0 Å². The van der Waals surface area contributed by atoms with Crippen molar-refractivity contribution in [2.45, 2.75) is 63.4 Å². The van der Waals surface area contributed by atoms with Crippen molar-refractivity contribution in [3.05, 3.63) is 73.3 Å². The molecule has 0 unspecified atom stereocenters. The molecule has 2 aromatic rings. The summed E-state index contributed by atoms with van der Waals surface area (Å²) in [4.78, 5) is 11.6. The van der Waals surface area contributed by atoms with E-state index in [4.69, 9.17) is 18.6 Å². The van der Waals surface area contributed by atoms with Gasteiger partial charge < -0.3 is 28.8 Å². The van der Waals surface area contributed by atoms with Crippen molar-refractivity contribution in [1.82, 2.24) is 0 Å². The molecular formula is C27H36O7Si. The van der Waals surface area contributed by atoms with Crippen LogP contribution in [-0.4, -0.2) is 68.4 Å². The van der Waals surface area contributed by atoms with Crippen LogP contribution in [0.1, 0.15) is 27.7 Å². The Kier molecular flexibility index (Phi) is 9.03. The van der Waals surface area contributed by atoms with Crippen LogP contribution in [0.5, 0.6) is 0 Å². The number of ether oxygens (including phenoxy) is 3. The van der Waals surface area contributed by atoms with E-state index in [9.17, 15) is 15.0 Å². The van der Waals surface area contributed by atoms with Gasteiger partial charge in [0.1, 0.15) is 18.3 Å². The average Bonchev–Trinajstić information content (AvgIpc) is 2.82. The number of aliphatic hydroxyl groups is 2. The van der Waals surface area contributed by atoms with Gasteiger partial charge in [-0.2, -0.15) is 0 Å². The summed E-state index contributed by atoms with van der Waals surface area (Å²) in [7, 11) is -2.89. The molecule has 0 aromatic heterocycles. The summed E-state index contributed by atoms with van der Waals surface area (Å²) in [5.41, 5.74) is 0. The zero-order valence-electron chi connectivity index (χ0n) is 20.8. The van der Waals surface area contributed by atoms with Crippen molar-refractivity contribution in [1.29, 1.82) is 0 Å². The Labute approximate surface area is 208 Å². The van der Waals surface area contributed by atoms with Gasteiger partial charge in [-0.3, -0.25) is 4.79 Å². The van der Waals surface area contributed by atoms with E-state index in [1.807, 2.05) is 36.4 Å². The molecule has 1 fully saturated rings. The van der Waals surface area contributed by atoms with Crippen LogP contribution >= 0.6 is 0 Å². The van der Waals surface area contributed by atoms with E-state index < -0.39 is 45.0 Å². The molecule has 0 aliphatic carbocycles. The minimum atomic E-state index is -2.89. The normalized spacial score (nSPS) is 25.1.